The molecule has 0 saturated heterocycles. The minimum Gasteiger partial charge on any atom is -0.456 e. The molecule has 1 N–H and O–H groups in total. The summed E-state index contributed by atoms with van der Waals surface area (Å²) in [6.45, 7) is 0. The molecule has 0 fully saturated rings. The quantitative estimate of drug-likeness (QED) is 0.218. The van der Waals surface area contributed by atoms with Crippen LogP contribution in [-0.2, 0) is 0 Å². The Balaban J connectivity index is 1.29. The van der Waals surface area contributed by atoms with E-state index in [2.05, 4.69) is 125 Å². The van der Waals surface area contributed by atoms with E-state index in [1.54, 1.807) is 0 Å². The summed E-state index contributed by atoms with van der Waals surface area (Å²) in [5.41, 5.74) is 11.9. The molecule has 0 unspecified atom stereocenters. The lowest BCUT2D eigenvalue weighted by molar-refractivity contribution is 0.669. The smallest absolute Gasteiger partial charge is 0.147 e. The van der Waals surface area contributed by atoms with Crippen LogP contribution in [0, 0.1) is 0 Å². The van der Waals surface area contributed by atoms with Crippen molar-refractivity contribution in [3.63, 3.8) is 0 Å². The molecule has 10 rings (SSSR count). The fraction of sp³-hybridized carbons (Fsp3) is 0. The Morgan fingerprint density at radius 2 is 1.34 bits per heavy atom. The number of aromatic amines is 1. The molecule has 0 amide bonds. The summed E-state index contributed by atoms with van der Waals surface area (Å²) in [7, 11) is 0. The fourth-order valence-corrected chi connectivity index (χ4v) is 7.14. The summed E-state index contributed by atoms with van der Waals surface area (Å²) in [5, 5.41) is 4.53. The number of rotatable bonds is 4. The SMILES string of the molecule is c1ccc(-n2c(-c3cccc4c3[nH]c3ccccc34)nc3c(-c4cc(-c5ccccn5)c5c(c4)oc4ccccc45)cccc32)cc1. The van der Waals surface area contributed by atoms with Crippen molar-refractivity contribution in [1.29, 1.82) is 0 Å². The molecule has 0 aliphatic heterocycles. The molecule has 220 valence electrons. The molecular weight excluding hydrogens is 576 g/mol. The molecule has 0 aliphatic carbocycles. The number of fused-ring (bicyclic) bond motifs is 7. The summed E-state index contributed by atoms with van der Waals surface area (Å²) in [6, 6.07) is 50.5. The Labute approximate surface area is 269 Å². The Morgan fingerprint density at radius 1 is 0.574 bits per heavy atom. The second kappa shape index (κ2) is 10.0. The molecule has 0 spiro atoms. The number of hydrogen-bond donors (Lipinski definition) is 1. The van der Waals surface area contributed by atoms with Crippen LogP contribution in [0.1, 0.15) is 0 Å². The van der Waals surface area contributed by atoms with Gasteiger partial charge in [-0.15, -0.1) is 0 Å². The first-order chi connectivity index (χ1) is 23.3. The molecule has 0 atom stereocenters. The van der Waals surface area contributed by atoms with E-state index in [0.717, 1.165) is 83.5 Å². The average Bonchev–Trinajstić information content (AvgIpc) is 3.83. The average molecular weight is 603 g/mol. The van der Waals surface area contributed by atoms with E-state index in [1.807, 2.05) is 36.5 Å². The normalized spacial score (nSPS) is 11.8. The van der Waals surface area contributed by atoms with Crippen molar-refractivity contribution in [3.8, 4) is 39.5 Å². The van der Waals surface area contributed by atoms with Crippen LogP contribution in [0.15, 0.2) is 156 Å². The maximum atomic E-state index is 6.48. The Bertz CT molecular complexity index is 2790. The third-order valence-electron chi connectivity index (χ3n) is 9.21. The van der Waals surface area contributed by atoms with E-state index in [-0.39, 0.29) is 0 Å². The van der Waals surface area contributed by atoms with E-state index in [4.69, 9.17) is 14.4 Å². The lowest BCUT2D eigenvalue weighted by Gasteiger charge is -2.11. The summed E-state index contributed by atoms with van der Waals surface area (Å²) in [4.78, 5) is 13.9. The summed E-state index contributed by atoms with van der Waals surface area (Å²) < 4.78 is 8.75. The van der Waals surface area contributed by atoms with Crippen LogP contribution in [0.4, 0.5) is 0 Å². The van der Waals surface area contributed by atoms with Gasteiger partial charge in [0.05, 0.1) is 22.2 Å². The Hall–Kier alpha value is -6.46. The minimum absolute atomic E-state index is 0.826. The lowest BCUT2D eigenvalue weighted by atomic mass is 9.96. The molecule has 4 heterocycles. The van der Waals surface area contributed by atoms with Crippen molar-refractivity contribution < 1.29 is 4.42 Å². The molecule has 47 heavy (non-hydrogen) atoms. The predicted molar refractivity (Wildman–Crippen MR) is 192 cm³/mol. The van der Waals surface area contributed by atoms with Crippen LogP contribution in [0.5, 0.6) is 0 Å². The van der Waals surface area contributed by atoms with E-state index >= 15 is 0 Å². The van der Waals surface area contributed by atoms with Crippen molar-refractivity contribution in [3.05, 3.63) is 152 Å². The van der Waals surface area contributed by atoms with Crippen LogP contribution < -0.4 is 0 Å². The molecule has 0 bridgehead atoms. The van der Waals surface area contributed by atoms with Crippen LogP contribution in [0.25, 0.3) is 94.2 Å². The van der Waals surface area contributed by atoms with Gasteiger partial charge in [-0.1, -0.05) is 84.9 Å². The van der Waals surface area contributed by atoms with Gasteiger partial charge >= 0.3 is 0 Å². The lowest BCUT2D eigenvalue weighted by Crippen LogP contribution is -1.97. The second-order valence-corrected chi connectivity index (χ2v) is 11.9. The van der Waals surface area contributed by atoms with Crippen molar-refractivity contribution in [1.82, 2.24) is 19.5 Å². The third kappa shape index (κ3) is 3.90. The Morgan fingerprint density at radius 3 is 2.23 bits per heavy atom. The highest BCUT2D eigenvalue weighted by Gasteiger charge is 2.22. The summed E-state index contributed by atoms with van der Waals surface area (Å²) >= 11 is 0. The van der Waals surface area contributed by atoms with Gasteiger partial charge in [0.15, 0.2) is 0 Å². The van der Waals surface area contributed by atoms with E-state index in [0.29, 0.717) is 0 Å². The van der Waals surface area contributed by atoms with Crippen LogP contribution >= 0.6 is 0 Å². The van der Waals surface area contributed by atoms with Crippen molar-refractivity contribution in [2.24, 2.45) is 0 Å². The van der Waals surface area contributed by atoms with Gasteiger partial charge < -0.3 is 9.40 Å². The summed E-state index contributed by atoms with van der Waals surface area (Å²) in [5.74, 6) is 0.880. The molecule has 6 aromatic carbocycles. The zero-order valence-electron chi connectivity index (χ0n) is 25.2. The van der Waals surface area contributed by atoms with Gasteiger partial charge in [0.2, 0.25) is 0 Å². The molecule has 4 aromatic heterocycles. The topological polar surface area (TPSA) is 59.6 Å². The molecule has 0 radical (unpaired) electrons. The van der Waals surface area contributed by atoms with Gasteiger partial charge in [-0.3, -0.25) is 9.55 Å². The van der Waals surface area contributed by atoms with E-state index in [1.165, 1.54) is 10.8 Å². The number of aromatic nitrogens is 4. The highest BCUT2D eigenvalue weighted by atomic mass is 16.3. The standard InChI is InChI=1S/C42H26N4O/c1-2-12-27(13-3-1)46-36-21-11-16-28(41(36)45-42(46)32-18-10-17-30-29-14-4-6-20-35(29)44-40(30)32)26-24-33(34-19-8-9-23-43-34)39-31-15-5-7-22-37(31)47-38(39)25-26/h1-25,44H. The second-order valence-electron chi connectivity index (χ2n) is 11.9. The van der Waals surface area contributed by atoms with Gasteiger partial charge in [-0.25, -0.2) is 4.98 Å². The van der Waals surface area contributed by atoms with Crippen LogP contribution in [0.2, 0.25) is 0 Å². The predicted octanol–water partition coefficient (Wildman–Crippen LogP) is 11.0. The fourth-order valence-electron chi connectivity index (χ4n) is 7.14. The zero-order chi connectivity index (χ0) is 30.9. The molecule has 5 nitrogen and oxygen atoms in total. The van der Waals surface area contributed by atoms with Gasteiger partial charge in [0.1, 0.15) is 17.0 Å². The van der Waals surface area contributed by atoms with Gasteiger partial charge in [0, 0.05) is 55.6 Å². The maximum absolute atomic E-state index is 6.48. The molecular formula is C42H26N4O. The number of benzene rings is 6. The maximum Gasteiger partial charge on any atom is 0.147 e. The number of para-hydroxylation sites is 5. The number of imidazole rings is 1. The first kappa shape index (κ1) is 25.8. The number of nitrogens with one attached hydrogen (secondary N) is 1. The largest absolute Gasteiger partial charge is 0.456 e. The minimum atomic E-state index is 0.826. The molecule has 0 aliphatic rings. The van der Waals surface area contributed by atoms with Gasteiger partial charge in [-0.05, 0) is 66.2 Å². The Kier molecular flexibility index (Phi) is 5.51. The number of furan rings is 1. The third-order valence-corrected chi connectivity index (χ3v) is 9.21. The zero-order valence-corrected chi connectivity index (χ0v) is 25.2. The van der Waals surface area contributed by atoms with Crippen molar-refractivity contribution in [2.75, 3.05) is 0 Å². The number of H-pyrrole nitrogens is 1. The van der Waals surface area contributed by atoms with Crippen molar-refractivity contribution in [2.45, 2.75) is 0 Å². The summed E-state index contributed by atoms with van der Waals surface area (Å²) in [6.07, 6.45) is 1.84. The van der Waals surface area contributed by atoms with E-state index in [9.17, 15) is 0 Å². The first-order valence-electron chi connectivity index (χ1n) is 15.8. The molecule has 5 heteroatoms. The number of pyridine rings is 1. The number of nitrogens with zero attached hydrogens (tertiary/aromatic N) is 3. The monoisotopic (exact) mass is 602 g/mol. The first-order valence-corrected chi connectivity index (χ1v) is 15.8. The highest BCUT2D eigenvalue weighted by molar-refractivity contribution is 6.15. The molecule has 0 saturated carbocycles. The van der Waals surface area contributed by atoms with Gasteiger partial charge in [-0.2, -0.15) is 0 Å². The van der Waals surface area contributed by atoms with Crippen molar-refractivity contribution >= 4 is 54.8 Å². The number of hydrogen-bond acceptors (Lipinski definition) is 3. The highest BCUT2D eigenvalue weighted by Crippen LogP contribution is 2.42. The van der Waals surface area contributed by atoms with Gasteiger partial charge in [0.25, 0.3) is 0 Å². The molecule has 10 aromatic rings. The van der Waals surface area contributed by atoms with Crippen LogP contribution in [-0.4, -0.2) is 19.5 Å². The van der Waals surface area contributed by atoms with E-state index < -0.39 is 0 Å². The van der Waals surface area contributed by atoms with Crippen LogP contribution in [0.3, 0.4) is 0 Å².